The molecule has 0 bridgehead atoms. The maximum absolute atomic E-state index is 14.1. The van der Waals surface area contributed by atoms with Crippen LogP contribution >= 0.6 is 0 Å². The van der Waals surface area contributed by atoms with E-state index in [-0.39, 0.29) is 17.4 Å². The molecule has 0 spiro atoms. The predicted molar refractivity (Wildman–Crippen MR) is 90.0 cm³/mol. The lowest BCUT2D eigenvalue weighted by molar-refractivity contribution is -0.274. The topological polar surface area (TPSA) is 16.8 Å². The van der Waals surface area contributed by atoms with Crippen LogP contribution in [0.5, 0.6) is 5.75 Å². The van der Waals surface area contributed by atoms with Crippen LogP contribution in [0.2, 0.25) is 0 Å². The number of hydrogen-bond acceptors (Lipinski definition) is 2. The van der Waals surface area contributed by atoms with Crippen molar-refractivity contribution in [3.05, 3.63) is 65.3 Å². The number of alkyl halides is 3. The average Bonchev–Trinajstić information content (AvgIpc) is 2.61. The highest BCUT2D eigenvalue weighted by Crippen LogP contribution is 2.33. The van der Waals surface area contributed by atoms with Gasteiger partial charge in [-0.2, -0.15) is 0 Å². The van der Waals surface area contributed by atoms with E-state index in [1.165, 1.54) is 18.2 Å². The van der Waals surface area contributed by atoms with Crippen LogP contribution in [0.1, 0.15) is 24.3 Å². The molecule has 0 radical (unpaired) electrons. The van der Waals surface area contributed by atoms with Crippen LogP contribution in [-0.4, -0.2) is 19.5 Å². The van der Waals surface area contributed by atoms with Crippen molar-refractivity contribution in [3.63, 3.8) is 0 Å². The van der Waals surface area contributed by atoms with Gasteiger partial charge in [0.15, 0.2) is 5.69 Å². The fourth-order valence-corrected chi connectivity index (χ4v) is 3.22. The lowest BCUT2D eigenvalue weighted by atomic mass is 9.89. The molecule has 2 aromatic carbocycles. The van der Waals surface area contributed by atoms with Gasteiger partial charge in [-0.05, 0) is 48.6 Å². The highest BCUT2D eigenvalue weighted by molar-refractivity contribution is 5.57. The Morgan fingerprint density at radius 1 is 1.04 bits per heavy atom. The van der Waals surface area contributed by atoms with E-state index < -0.39 is 12.2 Å². The van der Waals surface area contributed by atoms with E-state index in [0.29, 0.717) is 18.8 Å². The normalized spacial score (nSPS) is 15.6. The zero-order valence-corrected chi connectivity index (χ0v) is 13.8. The van der Waals surface area contributed by atoms with Gasteiger partial charge < -0.3 is 9.64 Å². The third-order valence-corrected chi connectivity index (χ3v) is 4.48. The standard InChI is InChI=1S/C19H16F4N2O/c1-24-15-4-7-18(17(20)12-15)25-10-8-14(9-11-25)13-2-5-16(6-3-13)26-19(21,22)23/h2-7,12,14H,8-11H2. The molecular weight excluding hydrogens is 348 g/mol. The first-order chi connectivity index (χ1) is 12.4. The lowest BCUT2D eigenvalue weighted by Gasteiger charge is -2.34. The molecule has 1 aliphatic heterocycles. The predicted octanol–water partition coefficient (Wildman–Crippen LogP) is 5.66. The molecule has 3 rings (SSSR count). The molecule has 1 aliphatic rings. The maximum Gasteiger partial charge on any atom is 0.573 e. The number of ether oxygens (including phenoxy) is 1. The highest BCUT2D eigenvalue weighted by atomic mass is 19.4. The third kappa shape index (κ3) is 4.26. The molecule has 1 saturated heterocycles. The molecule has 1 heterocycles. The van der Waals surface area contributed by atoms with Crippen molar-refractivity contribution >= 4 is 11.4 Å². The van der Waals surface area contributed by atoms with Crippen molar-refractivity contribution in [1.29, 1.82) is 0 Å². The number of halogens is 4. The van der Waals surface area contributed by atoms with Gasteiger partial charge in [0.1, 0.15) is 11.6 Å². The zero-order chi connectivity index (χ0) is 18.7. The monoisotopic (exact) mass is 364 g/mol. The summed E-state index contributed by atoms with van der Waals surface area (Å²) in [6, 6.07) is 10.4. The summed E-state index contributed by atoms with van der Waals surface area (Å²) in [6.07, 6.45) is -3.16. The van der Waals surface area contributed by atoms with Crippen LogP contribution in [0.4, 0.5) is 28.9 Å². The molecule has 0 saturated carbocycles. The largest absolute Gasteiger partial charge is 0.573 e. The summed E-state index contributed by atoms with van der Waals surface area (Å²) in [5.74, 6) is -0.442. The van der Waals surface area contributed by atoms with Crippen molar-refractivity contribution < 1.29 is 22.3 Å². The van der Waals surface area contributed by atoms with Crippen LogP contribution in [0, 0.1) is 12.4 Å². The minimum Gasteiger partial charge on any atom is -0.406 e. The van der Waals surface area contributed by atoms with E-state index in [1.54, 1.807) is 24.3 Å². The molecule has 2 aromatic rings. The van der Waals surface area contributed by atoms with Crippen molar-refractivity contribution in [2.45, 2.75) is 25.1 Å². The number of hydrogen-bond donors (Lipinski definition) is 0. The molecule has 0 amide bonds. The summed E-state index contributed by atoms with van der Waals surface area (Å²) < 4.78 is 54.6. The van der Waals surface area contributed by atoms with Crippen molar-refractivity contribution in [2.24, 2.45) is 0 Å². The average molecular weight is 364 g/mol. The molecule has 3 nitrogen and oxygen atoms in total. The molecule has 0 aliphatic carbocycles. The summed E-state index contributed by atoms with van der Waals surface area (Å²) in [5.41, 5.74) is 1.69. The first-order valence-electron chi connectivity index (χ1n) is 8.13. The van der Waals surface area contributed by atoms with Gasteiger partial charge in [-0.15, -0.1) is 13.2 Å². The smallest absolute Gasteiger partial charge is 0.406 e. The SMILES string of the molecule is [C-]#[N+]c1ccc(N2CCC(c3ccc(OC(F)(F)F)cc3)CC2)c(F)c1. The quantitative estimate of drug-likeness (QED) is 0.516. The van der Waals surface area contributed by atoms with Crippen LogP contribution in [0.25, 0.3) is 4.85 Å². The number of rotatable bonds is 3. The van der Waals surface area contributed by atoms with E-state index in [9.17, 15) is 17.6 Å². The van der Waals surface area contributed by atoms with Crippen LogP contribution in [-0.2, 0) is 0 Å². The number of benzene rings is 2. The van der Waals surface area contributed by atoms with Crippen molar-refractivity contribution in [3.8, 4) is 5.75 Å². The van der Waals surface area contributed by atoms with E-state index >= 15 is 0 Å². The molecule has 0 atom stereocenters. The lowest BCUT2D eigenvalue weighted by Crippen LogP contribution is -2.33. The number of piperidine rings is 1. The Labute approximate surface area is 148 Å². The van der Waals surface area contributed by atoms with Gasteiger partial charge in [-0.25, -0.2) is 9.24 Å². The van der Waals surface area contributed by atoms with Crippen LogP contribution < -0.4 is 9.64 Å². The summed E-state index contributed by atoms with van der Waals surface area (Å²) in [6.45, 7) is 8.19. The van der Waals surface area contributed by atoms with Gasteiger partial charge in [-0.1, -0.05) is 18.2 Å². The molecule has 136 valence electrons. The van der Waals surface area contributed by atoms with Crippen molar-refractivity contribution in [2.75, 3.05) is 18.0 Å². The van der Waals surface area contributed by atoms with Gasteiger partial charge in [0, 0.05) is 13.1 Å². The van der Waals surface area contributed by atoms with Gasteiger partial charge in [0.2, 0.25) is 0 Å². The summed E-state index contributed by atoms with van der Waals surface area (Å²) in [5, 5.41) is 0. The Kier molecular flexibility index (Phi) is 5.03. The van der Waals surface area contributed by atoms with Crippen LogP contribution in [0.3, 0.4) is 0 Å². The Morgan fingerprint density at radius 3 is 2.23 bits per heavy atom. The second-order valence-electron chi connectivity index (χ2n) is 6.13. The molecular formula is C19H16F4N2O. The third-order valence-electron chi connectivity index (χ3n) is 4.48. The summed E-state index contributed by atoms with van der Waals surface area (Å²) in [4.78, 5) is 5.14. The minimum absolute atomic E-state index is 0.205. The first-order valence-corrected chi connectivity index (χ1v) is 8.13. The maximum atomic E-state index is 14.1. The summed E-state index contributed by atoms with van der Waals surface area (Å²) >= 11 is 0. The van der Waals surface area contributed by atoms with Gasteiger partial charge in [0.25, 0.3) is 0 Å². The fourth-order valence-electron chi connectivity index (χ4n) is 3.22. The number of nitrogens with zero attached hydrogens (tertiary/aromatic N) is 2. The highest BCUT2D eigenvalue weighted by Gasteiger charge is 2.31. The number of anilines is 1. The second-order valence-corrected chi connectivity index (χ2v) is 6.13. The Bertz CT molecular complexity index is 804. The van der Waals surface area contributed by atoms with Crippen molar-refractivity contribution in [1.82, 2.24) is 0 Å². The summed E-state index contributed by atoms with van der Waals surface area (Å²) in [7, 11) is 0. The zero-order valence-electron chi connectivity index (χ0n) is 13.8. The molecule has 1 fully saturated rings. The van der Waals surface area contributed by atoms with E-state index in [0.717, 1.165) is 18.4 Å². The molecule has 0 N–H and O–H groups in total. The van der Waals surface area contributed by atoms with E-state index in [2.05, 4.69) is 9.58 Å². The minimum atomic E-state index is -4.69. The Morgan fingerprint density at radius 2 is 1.69 bits per heavy atom. The van der Waals surface area contributed by atoms with Gasteiger partial charge >= 0.3 is 6.36 Å². The molecule has 26 heavy (non-hydrogen) atoms. The van der Waals surface area contributed by atoms with E-state index in [4.69, 9.17) is 6.57 Å². The Hall–Kier alpha value is -2.75. The van der Waals surface area contributed by atoms with Crippen LogP contribution in [0.15, 0.2) is 42.5 Å². The van der Waals surface area contributed by atoms with E-state index in [1.807, 2.05) is 4.90 Å². The molecule has 0 aromatic heterocycles. The first kappa shape index (κ1) is 18.1. The van der Waals surface area contributed by atoms with Gasteiger partial charge in [-0.3, -0.25) is 0 Å². The van der Waals surface area contributed by atoms with Gasteiger partial charge in [0.05, 0.1) is 12.3 Å². The molecule has 0 unspecified atom stereocenters. The molecule has 7 heteroatoms. The Balaban J connectivity index is 1.63. The second kappa shape index (κ2) is 7.24. The fraction of sp³-hybridized carbons (Fsp3) is 0.316.